The van der Waals surface area contributed by atoms with Gasteiger partial charge >= 0.3 is 6.09 Å². The first-order valence-electron chi connectivity index (χ1n) is 10.9. The van der Waals surface area contributed by atoms with Gasteiger partial charge in [0.2, 0.25) is 5.91 Å². The standard InChI is InChI=1S/C26H31N3O5/c1-6-19-11-13-20(14-12-19)23(24(32)28-21-10-8-7-9-18(21)2)29(15-16-30)22(31)17-27-25(33)34-26(3,4)5/h1,7-14,23,30H,15-17H2,2-5H3,(H,27,33)(H,28,32). The molecule has 3 amide bonds. The number of aryl methyl sites for hydroxylation is 1. The Morgan fingerprint density at radius 2 is 1.76 bits per heavy atom. The molecule has 2 aromatic rings. The molecule has 0 aliphatic rings. The fourth-order valence-electron chi connectivity index (χ4n) is 3.22. The maximum Gasteiger partial charge on any atom is 0.408 e. The Morgan fingerprint density at radius 1 is 1.12 bits per heavy atom. The van der Waals surface area contributed by atoms with Gasteiger partial charge in [0.05, 0.1) is 6.61 Å². The van der Waals surface area contributed by atoms with Crippen LogP contribution in [0, 0.1) is 19.3 Å². The minimum atomic E-state index is -1.08. The third kappa shape index (κ3) is 7.64. The van der Waals surface area contributed by atoms with Gasteiger partial charge in [-0.15, -0.1) is 6.42 Å². The smallest absolute Gasteiger partial charge is 0.408 e. The van der Waals surface area contributed by atoms with E-state index in [1.165, 1.54) is 4.90 Å². The van der Waals surface area contributed by atoms with Crippen molar-refractivity contribution in [2.45, 2.75) is 39.3 Å². The van der Waals surface area contributed by atoms with Crippen LogP contribution in [-0.4, -0.2) is 53.2 Å². The molecular weight excluding hydrogens is 434 g/mol. The number of ether oxygens (including phenoxy) is 1. The van der Waals surface area contributed by atoms with Gasteiger partial charge in [-0.05, 0) is 57.0 Å². The summed E-state index contributed by atoms with van der Waals surface area (Å²) < 4.78 is 5.17. The summed E-state index contributed by atoms with van der Waals surface area (Å²) in [5, 5.41) is 14.9. The monoisotopic (exact) mass is 465 g/mol. The number of aliphatic hydroxyl groups excluding tert-OH is 1. The van der Waals surface area contributed by atoms with Crippen molar-refractivity contribution in [1.82, 2.24) is 10.2 Å². The van der Waals surface area contributed by atoms with E-state index < -0.39 is 36.1 Å². The molecule has 0 saturated heterocycles. The Hall–Kier alpha value is -3.83. The lowest BCUT2D eigenvalue weighted by Gasteiger charge is -2.31. The minimum absolute atomic E-state index is 0.127. The average Bonchev–Trinajstić information content (AvgIpc) is 2.78. The number of benzene rings is 2. The maximum absolute atomic E-state index is 13.4. The molecule has 0 heterocycles. The van der Waals surface area contributed by atoms with E-state index >= 15 is 0 Å². The molecule has 0 aliphatic heterocycles. The fourth-order valence-corrected chi connectivity index (χ4v) is 3.22. The summed E-state index contributed by atoms with van der Waals surface area (Å²) in [5.41, 5.74) is 1.84. The predicted molar refractivity (Wildman–Crippen MR) is 130 cm³/mol. The third-order valence-electron chi connectivity index (χ3n) is 4.80. The number of hydrogen-bond acceptors (Lipinski definition) is 5. The highest BCUT2D eigenvalue weighted by molar-refractivity contribution is 5.98. The summed E-state index contributed by atoms with van der Waals surface area (Å²) >= 11 is 0. The number of aliphatic hydroxyl groups is 1. The number of alkyl carbamates (subject to hydrolysis) is 1. The van der Waals surface area contributed by atoms with Crippen molar-refractivity contribution in [2.24, 2.45) is 0 Å². The van der Waals surface area contributed by atoms with Crippen molar-refractivity contribution in [3.8, 4) is 12.3 Å². The van der Waals surface area contributed by atoms with Crippen LogP contribution < -0.4 is 10.6 Å². The van der Waals surface area contributed by atoms with Gasteiger partial charge in [0.1, 0.15) is 18.2 Å². The second kappa shape index (κ2) is 11.9. The number of para-hydroxylation sites is 1. The van der Waals surface area contributed by atoms with Crippen LogP contribution in [0.2, 0.25) is 0 Å². The summed E-state index contributed by atoms with van der Waals surface area (Å²) in [6, 6.07) is 12.8. The SMILES string of the molecule is C#Cc1ccc(C(C(=O)Nc2ccccc2C)N(CCO)C(=O)CNC(=O)OC(C)(C)C)cc1. The van der Waals surface area contributed by atoms with Gasteiger partial charge in [-0.2, -0.15) is 0 Å². The molecule has 1 atom stereocenters. The van der Waals surface area contributed by atoms with Gasteiger partial charge < -0.3 is 25.4 Å². The zero-order chi connectivity index (χ0) is 25.3. The zero-order valence-electron chi connectivity index (χ0n) is 19.9. The second-order valence-corrected chi connectivity index (χ2v) is 8.64. The summed E-state index contributed by atoms with van der Waals surface area (Å²) in [6.45, 7) is 6.06. The van der Waals surface area contributed by atoms with Crippen molar-refractivity contribution in [3.05, 3.63) is 65.2 Å². The number of rotatable bonds is 8. The van der Waals surface area contributed by atoms with E-state index in [0.717, 1.165) is 5.56 Å². The van der Waals surface area contributed by atoms with Gasteiger partial charge in [0.25, 0.3) is 5.91 Å². The molecular formula is C26H31N3O5. The predicted octanol–water partition coefficient (Wildman–Crippen LogP) is 3.00. The molecule has 1 unspecified atom stereocenters. The number of carbonyl (C=O) groups excluding carboxylic acids is 3. The van der Waals surface area contributed by atoms with E-state index in [0.29, 0.717) is 16.8 Å². The fraction of sp³-hybridized carbons (Fsp3) is 0.346. The normalized spacial score (nSPS) is 11.6. The number of carbonyl (C=O) groups is 3. The van der Waals surface area contributed by atoms with Crippen molar-refractivity contribution >= 4 is 23.6 Å². The highest BCUT2D eigenvalue weighted by Gasteiger charge is 2.32. The molecule has 0 aromatic heterocycles. The van der Waals surface area contributed by atoms with E-state index in [9.17, 15) is 19.5 Å². The van der Waals surface area contributed by atoms with Gasteiger partial charge in [-0.1, -0.05) is 36.3 Å². The molecule has 0 saturated carbocycles. The van der Waals surface area contributed by atoms with Crippen LogP contribution in [0.3, 0.4) is 0 Å². The van der Waals surface area contributed by atoms with Crippen LogP contribution in [0.25, 0.3) is 0 Å². The molecule has 0 radical (unpaired) electrons. The lowest BCUT2D eigenvalue weighted by molar-refractivity contribution is -0.138. The summed E-state index contributed by atoms with van der Waals surface area (Å²) in [5.74, 6) is 1.48. The summed E-state index contributed by atoms with van der Waals surface area (Å²) in [6.07, 6.45) is 4.68. The Balaban J connectivity index is 2.34. The van der Waals surface area contributed by atoms with Crippen molar-refractivity contribution in [3.63, 3.8) is 0 Å². The topological polar surface area (TPSA) is 108 Å². The first-order chi connectivity index (χ1) is 16.1. The zero-order valence-corrected chi connectivity index (χ0v) is 19.9. The molecule has 0 bridgehead atoms. The Labute approximate surface area is 200 Å². The number of nitrogens with one attached hydrogen (secondary N) is 2. The number of anilines is 1. The van der Waals surface area contributed by atoms with Gasteiger partial charge in [-0.3, -0.25) is 9.59 Å². The third-order valence-corrected chi connectivity index (χ3v) is 4.80. The lowest BCUT2D eigenvalue weighted by atomic mass is 10.0. The van der Waals surface area contributed by atoms with Gasteiger partial charge in [-0.25, -0.2) is 4.79 Å². The van der Waals surface area contributed by atoms with Crippen LogP contribution in [0.15, 0.2) is 48.5 Å². The molecule has 0 aliphatic carbocycles. The average molecular weight is 466 g/mol. The first-order valence-corrected chi connectivity index (χ1v) is 10.9. The maximum atomic E-state index is 13.4. The van der Waals surface area contributed by atoms with E-state index in [2.05, 4.69) is 16.6 Å². The Morgan fingerprint density at radius 3 is 2.32 bits per heavy atom. The Kier molecular flexibility index (Phi) is 9.22. The van der Waals surface area contributed by atoms with Crippen molar-refractivity contribution < 1.29 is 24.2 Å². The van der Waals surface area contributed by atoms with E-state index in [-0.39, 0.29) is 13.2 Å². The Bertz CT molecular complexity index is 1050. The molecule has 0 spiro atoms. The van der Waals surface area contributed by atoms with E-state index in [1.807, 2.05) is 19.1 Å². The van der Waals surface area contributed by atoms with Crippen LogP contribution in [0.1, 0.15) is 43.5 Å². The van der Waals surface area contributed by atoms with Crippen LogP contribution in [-0.2, 0) is 14.3 Å². The van der Waals surface area contributed by atoms with Crippen molar-refractivity contribution in [1.29, 1.82) is 0 Å². The number of hydrogen-bond donors (Lipinski definition) is 3. The molecule has 0 fully saturated rings. The molecule has 2 rings (SSSR count). The molecule has 8 nitrogen and oxygen atoms in total. The van der Waals surface area contributed by atoms with Crippen molar-refractivity contribution in [2.75, 3.05) is 25.0 Å². The van der Waals surface area contributed by atoms with Crippen LogP contribution in [0.5, 0.6) is 0 Å². The minimum Gasteiger partial charge on any atom is -0.444 e. The second-order valence-electron chi connectivity index (χ2n) is 8.64. The quantitative estimate of drug-likeness (QED) is 0.520. The molecule has 2 aromatic carbocycles. The summed E-state index contributed by atoms with van der Waals surface area (Å²) in [4.78, 5) is 39.8. The largest absolute Gasteiger partial charge is 0.444 e. The van der Waals surface area contributed by atoms with Gasteiger partial charge in [0, 0.05) is 17.8 Å². The summed E-state index contributed by atoms with van der Waals surface area (Å²) in [7, 11) is 0. The highest BCUT2D eigenvalue weighted by Crippen LogP contribution is 2.25. The number of terminal acetylenes is 1. The molecule has 8 heteroatoms. The first kappa shape index (κ1) is 26.4. The van der Waals surface area contributed by atoms with Gasteiger partial charge in [0.15, 0.2) is 0 Å². The number of nitrogens with zero attached hydrogens (tertiary/aromatic N) is 1. The van der Waals surface area contributed by atoms with E-state index in [4.69, 9.17) is 11.2 Å². The molecule has 180 valence electrons. The molecule has 34 heavy (non-hydrogen) atoms. The molecule has 3 N–H and O–H groups in total. The lowest BCUT2D eigenvalue weighted by Crippen LogP contribution is -2.47. The van der Waals surface area contributed by atoms with Crippen LogP contribution >= 0.6 is 0 Å². The number of amides is 3. The highest BCUT2D eigenvalue weighted by atomic mass is 16.6. The van der Waals surface area contributed by atoms with Crippen LogP contribution in [0.4, 0.5) is 10.5 Å². The van der Waals surface area contributed by atoms with E-state index in [1.54, 1.807) is 57.2 Å².